The van der Waals surface area contributed by atoms with Crippen molar-refractivity contribution >= 4 is 33.6 Å². The van der Waals surface area contributed by atoms with Crippen molar-refractivity contribution in [3.8, 4) is 0 Å². The van der Waals surface area contributed by atoms with Crippen LogP contribution in [-0.4, -0.2) is 12.8 Å². The van der Waals surface area contributed by atoms with Gasteiger partial charge in [-0.3, -0.25) is 4.79 Å². The summed E-state index contributed by atoms with van der Waals surface area (Å²) >= 11 is 3.40. The third kappa shape index (κ3) is 3.01. The Morgan fingerprint density at radius 1 is 1.21 bits per heavy atom. The minimum absolute atomic E-state index is 0.273. The minimum Gasteiger partial charge on any atom is -0.341 e. The Balaban J connectivity index is 2.50. The number of hydrogen-bond donors (Lipinski definition) is 0. The number of halogens is 2. The highest BCUT2D eigenvalue weighted by atomic mass is 79.9. The number of rotatable bonds is 4. The largest absolute Gasteiger partial charge is 0.341 e. The van der Waals surface area contributed by atoms with Crippen LogP contribution in [0.25, 0.3) is 0 Å². The molecule has 0 amide bonds. The number of benzene rings is 2. The number of carbonyl (C=O) groups is 1. The predicted molar refractivity (Wildman–Crippen MR) is 78.6 cm³/mol. The van der Waals surface area contributed by atoms with Gasteiger partial charge in [-0.15, -0.1) is 0 Å². The molecule has 0 unspecified atom stereocenters. The molecule has 4 heteroatoms. The molecule has 2 rings (SSSR count). The maximum atomic E-state index is 13.0. The molecule has 0 aliphatic heterocycles. The Morgan fingerprint density at radius 2 is 1.89 bits per heavy atom. The molecule has 0 bridgehead atoms. The maximum Gasteiger partial charge on any atom is 0.152 e. The van der Waals surface area contributed by atoms with Gasteiger partial charge in [-0.1, -0.05) is 15.9 Å². The maximum absolute atomic E-state index is 13.0. The van der Waals surface area contributed by atoms with E-state index in [1.165, 1.54) is 12.1 Å². The third-order valence-corrected chi connectivity index (χ3v) is 3.36. The second-order valence-corrected chi connectivity index (χ2v) is 4.96. The molecule has 98 valence electrons. The molecule has 2 aromatic rings. The summed E-state index contributed by atoms with van der Waals surface area (Å²) in [5.74, 6) is -0.273. The Hall–Kier alpha value is -1.68. The first kappa shape index (κ1) is 13.7. The first-order chi connectivity index (χ1) is 9.15. The molecule has 19 heavy (non-hydrogen) atoms. The topological polar surface area (TPSA) is 20.3 Å². The highest BCUT2D eigenvalue weighted by Crippen LogP contribution is 2.30. The van der Waals surface area contributed by atoms with Crippen LogP contribution < -0.4 is 4.90 Å². The Labute approximate surface area is 120 Å². The van der Waals surface area contributed by atoms with E-state index in [4.69, 9.17) is 0 Å². The molecule has 0 aliphatic rings. The van der Waals surface area contributed by atoms with Crippen LogP contribution in [0.3, 0.4) is 0 Å². The Morgan fingerprint density at radius 3 is 2.47 bits per heavy atom. The van der Waals surface area contributed by atoms with Crippen LogP contribution in [0.4, 0.5) is 15.8 Å². The fourth-order valence-electron chi connectivity index (χ4n) is 1.96. The van der Waals surface area contributed by atoms with E-state index in [2.05, 4.69) is 15.9 Å². The molecule has 0 fully saturated rings. The summed E-state index contributed by atoms with van der Waals surface area (Å²) in [6.07, 6.45) is 0.827. The molecule has 2 nitrogen and oxygen atoms in total. The zero-order valence-electron chi connectivity index (χ0n) is 10.4. The summed E-state index contributed by atoms with van der Waals surface area (Å²) in [4.78, 5) is 13.1. The second kappa shape index (κ2) is 5.97. The molecule has 0 heterocycles. The molecule has 0 saturated heterocycles. The van der Waals surface area contributed by atoms with Gasteiger partial charge in [0.15, 0.2) is 6.29 Å². The second-order valence-electron chi connectivity index (χ2n) is 4.04. The Kier molecular flexibility index (Phi) is 4.32. The predicted octanol–water partition coefficient (Wildman–Crippen LogP) is 4.56. The molecular formula is C15H13BrFNO. The molecular weight excluding hydrogens is 309 g/mol. The lowest BCUT2D eigenvalue weighted by Crippen LogP contribution is -2.17. The van der Waals surface area contributed by atoms with Gasteiger partial charge in [0.2, 0.25) is 0 Å². The van der Waals surface area contributed by atoms with Crippen LogP contribution in [0.1, 0.15) is 17.3 Å². The standard InChI is InChI=1S/C15H13BrFNO/c1-2-18(14-7-5-13(17)6-8-14)15-9-12(16)4-3-11(15)10-19/h3-10H,2H2,1H3. The van der Waals surface area contributed by atoms with E-state index < -0.39 is 0 Å². The summed E-state index contributed by atoms with van der Waals surface area (Å²) in [7, 11) is 0. The van der Waals surface area contributed by atoms with Crippen LogP contribution in [0.2, 0.25) is 0 Å². The fraction of sp³-hybridized carbons (Fsp3) is 0.133. The lowest BCUT2D eigenvalue weighted by molar-refractivity contribution is 0.112. The average Bonchev–Trinajstić information content (AvgIpc) is 2.42. The van der Waals surface area contributed by atoms with Gasteiger partial charge in [0.05, 0.1) is 5.69 Å². The zero-order chi connectivity index (χ0) is 13.8. The summed E-state index contributed by atoms with van der Waals surface area (Å²) in [5.41, 5.74) is 2.26. The van der Waals surface area contributed by atoms with E-state index in [0.717, 1.165) is 22.1 Å². The summed E-state index contributed by atoms with van der Waals surface area (Å²) in [6, 6.07) is 11.7. The van der Waals surface area contributed by atoms with E-state index >= 15 is 0 Å². The van der Waals surface area contributed by atoms with Crippen LogP contribution in [0, 0.1) is 5.82 Å². The van der Waals surface area contributed by atoms with Gasteiger partial charge >= 0.3 is 0 Å². The van der Waals surface area contributed by atoms with E-state index in [1.807, 2.05) is 24.0 Å². The average molecular weight is 322 g/mol. The van der Waals surface area contributed by atoms with Crippen molar-refractivity contribution in [3.63, 3.8) is 0 Å². The first-order valence-corrected chi connectivity index (χ1v) is 6.73. The van der Waals surface area contributed by atoms with Crippen LogP contribution in [-0.2, 0) is 0 Å². The van der Waals surface area contributed by atoms with Gasteiger partial charge in [0, 0.05) is 22.3 Å². The van der Waals surface area contributed by atoms with E-state index in [1.54, 1.807) is 18.2 Å². The number of anilines is 2. The van der Waals surface area contributed by atoms with Gasteiger partial charge < -0.3 is 4.90 Å². The normalized spacial score (nSPS) is 10.3. The van der Waals surface area contributed by atoms with Crippen molar-refractivity contribution in [2.45, 2.75) is 6.92 Å². The van der Waals surface area contributed by atoms with Crippen molar-refractivity contribution in [3.05, 3.63) is 58.3 Å². The molecule has 0 spiro atoms. The Bertz CT molecular complexity index is 583. The van der Waals surface area contributed by atoms with Gasteiger partial charge in [0.1, 0.15) is 5.82 Å². The van der Waals surface area contributed by atoms with Crippen molar-refractivity contribution in [1.82, 2.24) is 0 Å². The molecule has 2 aromatic carbocycles. The summed E-state index contributed by atoms with van der Waals surface area (Å²) in [6.45, 7) is 2.67. The highest BCUT2D eigenvalue weighted by molar-refractivity contribution is 9.10. The first-order valence-electron chi connectivity index (χ1n) is 5.93. The molecule has 0 aromatic heterocycles. The summed E-state index contributed by atoms with van der Waals surface area (Å²) in [5, 5.41) is 0. The smallest absolute Gasteiger partial charge is 0.152 e. The third-order valence-electron chi connectivity index (χ3n) is 2.86. The van der Waals surface area contributed by atoms with Gasteiger partial charge in [-0.05, 0) is 49.4 Å². The molecule has 0 saturated carbocycles. The van der Waals surface area contributed by atoms with Gasteiger partial charge in [-0.25, -0.2) is 4.39 Å². The molecule has 0 N–H and O–H groups in total. The van der Waals surface area contributed by atoms with Crippen LogP contribution in [0.5, 0.6) is 0 Å². The van der Waals surface area contributed by atoms with Gasteiger partial charge in [0.25, 0.3) is 0 Å². The van der Waals surface area contributed by atoms with Crippen molar-refractivity contribution < 1.29 is 9.18 Å². The minimum atomic E-state index is -0.273. The van der Waals surface area contributed by atoms with Crippen molar-refractivity contribution in [2.75, 3.05) is 11.4 Å². The highest BCUT2D eigenvalue weighted by Gasteiger charge is 2.12. The fourth-order valence-corrected chi connectivity index (χ4v) is 2.31. The van der Waals surface area contributed by atoms with Crippen molar-refractivity contribution in [2.24, 2.45) is 0 Å². The van der Waals surface area contributed by atoms with Crippen LogP contribution >= 0.6 is 15.9 Å². The van der Waals surface area contributed by atoms with Gasteiger partial charge in [-0.2, -0.15) is 0 Å². The monoisotopic (exact) mass is 321 g/mol. The van der Waals surface area contributed by atoms with E-state index in [-0.39, 0.29) is 5.82 Å². The number of carbonyl (C=O) groups excluding carboxylic acids is 1. The quantitative estimate of drug-likeness (QED) is 0.769. The number of nitrogens with zero attached hydrogens (tertiary/aromatic N) is 1. The van der Waals surface area contributed by atoms with E-state index in [0.29, 0.717) is 12.1 Å². The SMILES string of the molecule is CCN(c1ccc(F)cc1)c1cc(Br)ccc1C=O. The molecule has 0 aliphatic carbocycles. The van der Waals surface area contributed by atoms with E-state index in [9.17, 15) is 9.18 Å². The lowest BCUT2D eigenvalue weighted by Gasteiger charge is -2.25. The van der Waals surface area contributed by atoms with Crippen LogP contribution in [0.15, 0.2) is 46.9 Å². The zero-order valence-corrected chi connectivity index (χ0v) is 12.0. The number of aldehydes is 1. The lowest BCUT2D eigenvalue weighted by atomic mass is 10.1. The molecule has 0 radical (unpaired) electrons. The van der Waals surface area contributed by atoms with Crippen molar-refractivity contribution in [1.29, 1.82) is 0 Å². The molecule has 0 atom stereocenters. The number of hydrogen-bond acceptors (Lipinski definition) is 2. The summed E-state index contributed by atoms with van der Waals surface area (Å²) < 4.78 is 13.9.